The Bertz CT molecular complexity index is 1630. The molecule has 1 aromatic carbocycles. The van der Waals surface area contributed by atoms with Crippen LogP contribution in [0.15, 0.2) is 24.4 Å². The molecule has 3 aromatic rings. The molecule has 2 saturated carbocycles. The summed E-state index contributed by atoms with van der Waals surface area (Å²) in [7, 11) is 6.11. The SMILES string of the molecule is CCN(CCN(C)C)C(=O)C1CCC(n2c(Nc3ccc(F)cc3F)nc3cnc(NC4CCC(C(=O)N5CCN(C)CC5)CC4)nc32)CC1. The molecule has 0 bridgehead atoms. The number of rotatable bonds is 11. The maximum Gasteiger partial charge on any atom is 0.225 e. The maximum atomic E-state index is 14.8. The Morgan fingerprint density at radius 3 is 2.28 bits per heavy atom. The van der Waals surface area contributed by atoms with E-state index >= 15 is 0 Å². The van der Waals surface area contributed by atoms with E-state index in [9.17, 15) is 18.4 Å². The highest BCUT2D eigenvalue weighted by molar-refractivity contribution is 5.80. The number of hydrogen-bond acceptors (Lipinski definition) is 9. The fourth-order valence-corrected chi connectivity index (χ4v) is 7.64. The van der Waals surface area contributed by atoms with Crippen LogP contribution >= 0.6 is 0 Å². The summed E-state index contributed by atoms with van der Waals surface area (Å²) in [6.07, 6.45) is 7.93. The number of nitrogens with one attached hydrogen (secondary N) is 2. The average molecular weight is 695 g/mol. The van der Waals surface area contributed by atoms with Gasteiger partial charge in [-0.3, -0.25) is 14.2 Å². The maximum absolute atomic E-state index is 14.8. The number of imidazole rings is 1. The monoisotopic (exact) mass is 694 g/mol. The molecule has 2 aromatic heterocycles. The molecule has 0 unspecified atom stereocenters. The van der Waals surface area contributed by atoms with Crippen LogP contribution in [0.2, 0.25) is 0 Å². The number of anilines is 3. The van der Waals surface area contributed by atoms with Gasteiger partial charge in [0.1, 0.15) is 17.2 Å². The normalized spacial score (nSPS) is 23.3. The van der Waals surface area contributed by atoms with E-state index in [0.717, 1.165) is 90.2 Å². The number of likely N-dealkylation sites (N-methyl/N-ethyl adjacent to an activating group) is 3. The fourth-order valence-electron chi connectivity index (χ4n) is 7.64. The van der Waals surface area contributed by atoms with E-state index < -0.39 is 11.6 Å². The van der Waals surface area contributed by atoms with Crippen molar-refractivity contribution in [2.75, 3.05) is 77.6 Å². The molecule has 14 heteroatoms. The van der Waals surface area contributed by atoms with Crippen LogP contribution in [0.4, 0.5) is 26.4 Å². The predicted molar refractivity (Wildman–Crippen MR) is 190 cm³/mol. The molecule has 1 saturated heterocycles. The second-order valence-electron chi connectivity index (χ2n) is 14.5. The Labute approximate surface area is 293 Å². The number of amides is 2. The largest absolute Gasteiger partial charge is 0.351 e. The lowest BCUT2D eigenvalue weighted by Gasteiger charge is -2.36. The summed E-state index contributed by atoms with van der Waals surface area (Å²) in [6.45, 7) is 7.65. The van der Waals surface area contributed by atoms with E-state index in [4.69, 9.17) is 9.97 Å². The van der Waals surface area contributed by atoms with E-state index in [-0.39, 0.29) is 41.4 Å². The Hall–Kier alpha value is -3.91. The van der Waals surface area contributed by atoms with Crippen LogP contribution in [-0.4, -0.2) is 124 Å². The van der Waals surface area contributed by atoms with Gasteiger partial charge in [0.15, 0.2) is 5.65 Å². The number of halogens is 2. The van der Waals surface area contributed by atoms with Crippen molar-refractivity contribution < 1.29 is 18.4 Å². The summed E-state index contributed by atoms with van der Waals surface area (Å²) in [5, 5.41) is 6.61. The standard InChI is InChI=1S/C36H52F2N10O2/c1-5-46(19-16-44(2)3)33(49)25-8-13-28(14-9-25)48-32-31(42-36(48)41-30-15-10-26(37)22-29(30)38)23-39-35(43-32)40-27-11-6-24(7-12-27)34(50)47-20-17-45(4)18-21-47/h10,15,22-25,27-28H,5-9,11-14,16-21H2,1-4H3,(H,41,42)(H,39,40,43). The first kappa shape index (κ1) is 35.9. The zero-order valence-corrected chi connectivity index (χ0v) is 29.9. The Balaban J connectivity index is 1.17. The molecular formula is C36H52F2N10O2. The van der Waals surface area contributed by atoms with E-state index in [1.54, 1.807) is 6.20 Å². The summed E-state index contributed by atoms with van der Waals surface area (Å²) < 4.78 is 30.5. The summed E-state index contributed by atoms with van der Waals surface area (Å²) in [6, 6.07) is 3.52. The molecule has 0 atom stereocenters. The van der Waals surface area contributed by atoms with Crippen molar-refractivity contribution in [3.05, 3.63) is 36.0 Å². The number of nitrogens with zero attached hydrogens (tertiary/aromatic N) is 8. The van der Waals surface area contributed by atoms with Gasteiger partial charge in [-0.25, -0.2) is 18.7 Å². The van der Waals surface area contributed by atoms with Gasteiger partial charge in [-0.2, -0.15) is 4.98 Å². The minimum atomic E-state index is -0.717. The molecule has 0 spiro atoms. The van der Waals surface area contributed by atoms with Gasteiger partial charge in [0, 0.05) is 75.8 Å². The molecule has 1 aliphatic heterocycles. The third-order valence-electron chi connectivity index (χ3n) is 10.8. The Morgan fingerprint density at radius 2 is 1.62 bits per heavy atom. The highest BCUT2D eigenvalue weighted by Gasteiger charge is 2.33. The number of benzene rings is 1. The van der Waals surface area contributed by atoms with Crippen LogP contribution in [0.25, 0.3) is 11.2 Å². The van der Waals surface area contributed by atoms with Gasteiger partial charge < -0.3 is 30.2 Å². The summed E-state index contributed by atoms with van der Waals surface area (Å²) in [5.41, 5.74) is 1.28. The Kier molecular flexibility index (Phi) is 11.5. The third kappa shape index (κ3) is 8.34. The molecule has 6 rings (SSSR count). The summed E-state index contributed by atoms with van der Waals surface area (Å²) in [5.74, 6) is -0.0144. The summed E-state index contributed by atoms with van der Waals surface area (Å²) >= 11 is 0. The summed E-state index contributed by atoms with van der Waals surface area (Å²) in [4.78, 5) is 49.2. The van der Waals surface area contributed by atoms with Crippen molar-refractivity contribution in [2.24, 2.45) is 11.8 Å². The molecule has 50 heavy (non-hydrogen) atoms. The number of carbonyl (C=O) groups excluding carboxylic acids is 2. The molecule has 12 nitrogen and oxygen atoms in total. The van der Waals surface area contributed by atoms with E-state index in [0.29, 0.717) is 36.2 Å². The Morgan fingerprint density at radius 1 is 0.920 bits per heavy atom. The topological polar surface area (TPSA) is 115 Å². The molecule has 3 aliphatic rings. The van der Waals surface area contributed by atoms with Crippen molar-refractivity contribution in [3.63, 3.8) is 0 Å². The first-order valence-electron chi connectivity index (χ1n) is 18.2. The predicted octanol–water partition coefficient (Wildman–Crippen LogP) is 4.73. The number of fused-ring (bicyclic) bond motifs is 1. The van der Waals surface area contributed by atoms with Crippen molar-refractivity contribution >= 4 is 40.6 Å². The lowest BCUT2D eigenvalue weighted by Crippen LogP contribution is -2.49. The lowest BCUT2D eigenvalue weighted by atomic mass is 9.85. The molecule has 2 N–H and O–H groups in total. The van der Waals surface area contributed by atoms with Crippen LogP contribution in [0.5, 0.6) is 0 Å². The number of aromatic nitrogens is 4. The van der Waals surface area contributed by atoms with Crippen molar-refractivity contribution in [3.8, 4) is 0 Å². The molecule has 272 valence electrons. The van der Waals surface area contributed by atoms with E-state index in [2.05, 4.69) is 32.5 Å². The van der Waals surface area contributed by atoms with Gasteiger partial charge in [-0.1, -0.05) is 0 Å². The third-order valence-corrected chi connectivity index (χ3v) is 10.8. The smallest absolute Gasteiger partial charge is 0.225 e. The van der Waals surface area contributed by atoms with Crippen molar-refractivity contribution in [1.82, 2.24) is 39.1 Å². The number of hydrogen-bond donors (Lipinski definition) is 2. The quantitative estimate of drug-likeness (QED) is 0.294. The van der Waals surface area contributed by atoms with E-state index in [1.165, 1.54) is 12.1 Å². The second-order valence-corrected chi connectivity index (χ2v) is 14.5. The van der Waals surface area contributed by atoms with Gasteiger partial charge in [0.2, 0.25) is 23.7 Å². The molecule has 2 aliphatic carbocycles. The highest BCUT2D eigenvalue weighted by Crippen LogP contribution is 2.38. The molecule has 3 heterocycles. The first-order valence-corrected chi connectivity index (χ1v) is 18.2. The fraction of sp³-hybridized carbons (Fsp3) is 0.639. The number of piperazine rings is 1. The second kappa shape index (κ2) is 16.0. The molecule has 3 fully saturated rings. The molecule has 0 radical (unpaired) electrons. The lowest BCUT2D eigenvalue weighted by molar-refractivity contribution is -0.138. The highest BCUT2D eigenvalue weighted by atomic mass is 19.1. The van der Waals surface area contributed by atoms with Crippen LogP contribution in [0.1, 0.15) is 64.3 Å². The number of carbonyl (C=O) groups is 2. The van der Waals surface area contributed by atoms with Crippen LogP contribution in [0, 0.1) is 23.5 Å². The van der Waals surface area contributed by atoms with Gasteiger partial charge in [0.05, 0.1) is 11.9 Å². The van der Waals surface area contributed by atoms with Crippen molar-refractivity contribution in [2.45, 2.75) is 70.4 Å². The molecule has 2 amide bonds. The first-order chi connectivity index (χ1) is 24.1. The average Bonchev–Trinajstić information content (AvgIpc) is 3.47. The zero-order chi connectivity index (χ0) is 35.4. The van der Waals surface area contributed by atoms with Gasteiger partial charge in [-0.05, 0) is 91.6 Å². The van der Waals surface area contributed by atoms with Crippen LogP contribution in [0.3, 0.4) is 0 Å². The van der Waals surface area contributed by atoms with E-state index in [1.807, 2.05) is 35.4 Å². The van der Waals surface area contributed by atoms with Crippen LogP contribution in [-0.2, 0) is 9.59 Å². The van der Waals surface area contributed by atoms with Crippen LogP contribution < -0.4 is 10.6 Å². The van der Waals surface area contributed by atoms with Gasteiger partial charge in [0.25, 0.3) is 0 Å². The van der Waals surface area contributed by atoms with Crippen molar-refractivity contribution in [1.29, 1.82) is 0 Å². The minimum absolute atomic E-state index is 0.0364. The molecular weight excluding hydrogens is 642 g/mol. The zero-order valence-electron chi connectivity index (χ0n) is 29.9. The van der Waals surface area contributed by atoms with Gasteiger partial charge >= 0.3 is 0 Å². The minimum Gasteiger partial charge on any atom is -0.351 e. The van der Waals surface area contributed by atoms with Gasteiger partial charge in [-0.15, -0.1) is 0 Å².